The van der Waals surface area contributed by atoms with Gasteiger partial charge in [-0.05, 0) is 65.0 Å². The molecule has 0 amide bonds. The van der Waals surface area contributed by atoms with E-state index in [4.69, 9.17) is 4.74 Å². The second-order valence-corrected chi connectivity index (χ2v) is 6.79. The molecule has 1 aromatic carbocycles. The summed E-state index contributed by atoms with van der Waals surface area (Å²) in [5.74, 6) is 0.824. The normalized spacial score (nSPS) is 18.3. The third-order valence-corrected chi connectivity index (χ3v) is 4.68. The Kier molecular flexibility index (Phi) is 7.34. The SMILES string of the molecule is CCCN1CCC(N(C)CC(O)COc2ccc(C)cc2)CC1. The van der Waals surface area contributed by atoms with E-state index in [2.05, 4.69) is 30.7 Å². The first kappa shape index (κ1) is 18.2. The standard InChI is InChI=1S/C19H32N2O2/c1-4-11-21-12-9-17(10-13-21)20(3)14-18(22)15-23-19-7-5-16(2)6-8-19/h5-8,17-18,22H,4,9-15H2,1-3H3. The Bertz CT molecular complexity index is 441. The molecule has 2 rings (SSSR count). The van der Waals surface area contributed by atoms with Gasteiger partial charge in [-0.2, -0.15) is 0 Å². The Morgan fingerprint density at radius 3 is 2.52 bits per heavy atom. The molecular weight excluding hydrogens is 288 g/mol. The van der Waals surface area contributed by atoms with Gasteiger partial charge in [0.25, 0.3) is 0 Å². The maximum atomic E-state index is 10.2. The maximum Gasteiger partial charge on any atom is 0.119 e. The molecule has 1 aliphatic rings. The van der Waals surface area contributed by atoms with Gasteiger partial charge in [-0.3, -0.25) is 0 Å². The fourth-order valence-corrected chi connectivity index (χ4v) is 3.26. The summed E-state index contributed by atoms with van der Waals surface area (Å²) in [6.07, 6.45) is 3.18. The Morgan fingerprint density at radius 2 is 1.91 bits per heavy atom. The lowest BCUT2D eigenvalue weighted by molar-refractivity contribution is 0.0472. The molecule has 1 N–H and O–H groups in total. The largest absolute Gasteiger partial charge is 0.491 e. The number of aliphatic hydroxyl groups excluding tert-OH is 1. The van der Waals surface area contributed by atoms with E-state index in [9.17, 15) is 5.11 Å². The van der Waals surface area contributed by atoms with E-state index in [1.165, 1.54) is 44.5 Å². The van der Waals surface area contributed by atoms with Crippen LogP contribution >= 0.6 is 0 Å². The molecule has 1 heterocycles. The van der Waals surface area contributed by atoms with Crippen LogP contribution in [0.25, 0.3) is 0 Å². The van der Waals surface area contributed by atoms with E-state index in [1.807, 2.05) is 24.3 Å². The van der Waals surface area contributed by atoms with Crippen molar-refractivity contribution in [1.82, 2.24) is 9.80 Å². The van der Waals surface area contributed by atoms with Gasteiger partial charge < -0.3 is 19.6 Å². The average Bonchev–Trinajstić information content (AvgIpc) is 2.55. The van der Waals surface area contributed by atoms with Gasteiger partial charge in [0.15, 0.2) is 0 Å². The van der Waals surface area contributed by atoms with Crippen LogP contribution in [0.2, 0.25) is 0 Å². The van der Waals surface area contributed by atoms with Gasteiger partial charge in [-0.25, -0.2) is 0 Å². The molecule has 4 nitrogen and oxygen atoms in total. The third-order valence-electron chi connectivity index (χ3n) is 4.68. The van der Waals surface area contributed by atoms with Gasteiger partial charge in [-0.15, -0.1) is 0 Å². The minimum Gasteiger partial charge on any atom is -0.491 e. The molecule has 1 unspecified atom stereocenters. The molecule has 0 aromatic heterocycles. The van der Waals surface area contributed by atoms with Gasteiger partial charge in [0.1, 0.15) is 18.5 Å². The highest BCUT2D eigenvalue weighted by Crippen LogP contribution is 2.16. The summed E-state index contributed by atoms with van der Waals surface area (Å²) in [6, 6.07) is 8.54. The predicted molar refractivity (Wildman–Crippen MR) is 95.1 cm³/mol. The third kappa shape index (κ3) is 6.13. The van der Waals surface area contributed by atoms with Crippen LogP contribution in [-0.2, 0) is 0 Å². The van der Waals surface area contributed by atoms with Crippen molar-refractivity contribution in [3.8, 4) is 5.75 Å². The molecule has 0 radical (unpaired) electrons. The Balaban J connectivity index is 1.68. The lowest BCUT2D eigenvalue weighted by Gasteiger charge is -2.37. The van der Waals surface area contributed by atoms with E-state index in [0.717, 1.165) is 5.75 Å². The molecule has 1 aromatic rings. The number of rotatable bonds is 8. The van der Waals surface area contributed by atoms with E-state index < -0.39 is 6.10 Å². The lowest BCUT2D eigenvalue weighted by atomic mass is 10.0. The molecular formula is C19H32N2O2. The van der Waals surface area contributed by atoms with E-state index in [1.54, 1.807) is 0 Å². The molecule has 0 aliphatic carbocycles. The average molecular weight is 320 g/mol. The van der Waals surface area contributed by atoms with Gasteiger partial charge in [0, 0.05) is 12.6 Å². The van der Waals surface area contributed by atoms with Gasteiger partial charge in [0.05, 0.1) is 0 Å². The number of piperidine rings is 1. The number of likely N-dealkylation sites (tertiary alicyclic amines) is 1. The molecule has 130 valence electrons. The molecule has 4 heteroatoms. The topological polar surface area (TPSA) is 35.9 Å². The molecule has 23 heavy (non-hydrogen) atoms. The number of aryl methyl sites for hydroxylation is 1. The van der Waals surface area contributed by atoms with Crippen LogP contribution in [0.4, 0.5) is 0 Å². The van der Waals surface area contributed by atoms with Crippen molar-refractivity contribution in [3.05, 3.63) is 29.8 Å². The van der Waals surface area contributed by atoms with Crippen molar-refractivity contribution in [2.24, 2.45) is 0 Å². The summed E-state index contributed by atoms with van der Waals surface area (Å²) in [5, 5.41) is 10.2. The van der Waals surface area contributed by atoms with Crippen molar-refractivity contribution in [1.29, 1.82) is 0 Å². The van der Waals surface area contributed by atoms with Crippen molar-refractivity contribution < 1.29 is 9.84 Å². The molecule has 1 saturated heterocycles. The minimum absolute atomic E-state index is 0.349. The molecule has 1 atom stereocenters. The smallest absolute Gasteiger partial charge is 0.119 e. The van der Waals surface area contributed by atoms with Crippen LogP contribution in [0.15, 0.2) is 24.3 Å². The zero-order valence-corrected chi connectivity index (χ0v) is 14.9. The fraction of sp³-hybridized carbons (Fsp3) is 0.684. The van der Waals surface area contributed by atoms with Crippen LogP contribution in [0, 0.1) is 6.92 Å². The van der Waals surface area contributed by atoms with Gasteiger partial charge in [-0.1, -0.05) is 24.6 Å². The monoisotopic (exact) mass is 320 g/mol. The molecule has 1 aliphatic heterocycles. The quantitative estimate of drug-likeness (QED) is 0.798. The zero-order chi connectivity index (χ0) is 16.7. The summed E-state index contributed by atoms with van der Waals surface area (Å²) >= 11 is 0. The minimum atomic E-state index is -0.449. The Labute approximate surface area is 141 Å². The number of benzene rings is 1. The summed E-state index contributed by atoms with van der Waals surface area (Å²) in [7, 11) is 2.12. The van der Waals surface area contributed by atoms with Crippen molar-refractivity contribution >= 4 is 0 Å². The van der Waals surface area contributed by atoms with Gasteiger partial charge >= 0.3 is 0 Å². The zero-order valence-electron chi connectivity index (χ0n) is 14.9. The molecule has 0 bridgehead atoms. The fourth-order valence-electron chi connectivity index (χ4n) is 3.26. The van der Waals surface area contributed by atoms with E-state index >= 15 is 0 Å². The number of hydrogen-bond donors (Lipinski definition) is 1. The number of ether oxygens (including phenoxy) is 1. The van der Waals surface area contributed by atoms with Crippen molar-refractivity contribution in [2.45, 2.75) is 45.3 Å². The maximum absolute atomic E-state index is 10.2. The second-order valence-electron chi connectivity index (χ2n) is 6.79. The van der Waals surface area contributed by atoms with Crippen LogP contribution in [0.3, 0.4) is 0 Å². The van der Waals surface area contributed by atoms with E-state index in [0.29, 0.717) is 19.2 Å². The number of likely N-dealkylation sites (N-methyl/N-ethyl adjacent to an activating group) is 1. The van der Waals surface area contributed by atoms with Crippen LogP contribution in [0.5, 0.6) is 5.75 Å². The van der Waals surface area contributed by atoms with Crippen LogP contribution < -0.4 is 4.74 Å². The Hall–Kier alpha value is -1.10. The number of hydrogen-bond acceptors (Lipinski definition) is 4. The van der Waals surface area contributed by atoms with Crippen LogP contribution in [-0.4, -0.2) is 66.9 Å². The molecule has 0 saturated carbocycles. The van der Waals surface area contributed by atoms with E-state index in [-0.39, 0.29) is 0 Å². The highest BCUT2D eigenvalue weighted by molar-refractivity contribution is 5.26. The number of aliphatic hydroxyl groups is 1. The molecule has 0 spiro atoms. The van der Waals surface area contributed by atoms with Gasteiger partial charge in [0.2, 0.25) is 0 Å². The first-order chi connectivity index (χ1) is 11.1. The first-order valence-corrected chi connectivity index (χ1v) is 8.88. The summed E-state index contributed by atoms with van der Waals surface area (Å²) < 4.78 is 5.68. The highest BCUT2D eigenvalue weighted by atomic mass is 16.5. The highest BCUT2D eigenvalue weighted by Gasteiger charge is 2.23. The summed E-state index contributed by atoms with van der Waals surface area (Å²) in [4.78, 5) is 4.84. The second kappa shape index (κ2) is 9.26. The van der Waals surface area contributed by atoms with Crippen molar-refractivity contribution in [3.63, 3.8) is 0 Å². The molecule has 1 fully saturated rings. The summed E-state index contributed by atoms with van der Waals surface area (Å²) in [6.45, 7) is 8.88. The lowest BCUT2D eigenvalue weighted by Crippen LogP contribution is -2.46. The van der Waals surface area contributed by atoms with Crippen LogP contribution in [0.1, 0.15) is 31.7 Å². The predicted octanol–water partition coefficient (Wildman–Crippen LogP) is 2.54. The summed E-state index contributed by atoms with van der Waals surface area (Å²) in [5.41, 5.74) is 1.21. The number of nitrogens with zero attached hydrogens (tertiary/aromatic N) is 2. The Morgan fingerprint density at radius 1 is 1.26 bits per heavy atom. The first-order valence-electron chi connectivity index (χ1n) is 8.88. The van der Waals surface area contributed by atoms with Crippen molar-refractivity contribution in [2.75, 3.05) is 39.8 Å².